The van der Waals surface area contributed by atoms with Crippen LogP contribution >= 0.6 is 0 Å². The molecule has 0 spiro atoms. The fourth-order valence-electron chi connectivity index (χ4n) is 5.19. The molecule has 5 rings (SSSR count). The van der Waals surface area contributed by atoms with E-state index in [0.29, 0.717) is 47.0 Å². The van der Waals surface area contributed by atoms with Gasteiger partial charge >= 0.3 is 5.69 Å². The molecule has 0 radical (unpaired) electrons. The zero-order valence-corrected chi connectivity index (χ0v) is 20.6. The number of rotatable bonds is 5. The maximum Gasteiger partial charge on any atom is 0.327 e. The zero-order chi connectivity index (χ0) is 25.6. The van der Waals surface area contributed by atoms with Crippen LogP contribution in [0.2, 0.25) is 0 Å². The molecule has 0 saturated heterocycles. The Morgan fingerprint density at radius 3 is 2.22 bits per heavy atom. The lowest BCUT2D eigenvalue weighted by molar-refractivity contribution is -0.116. The number of aromatic nitrogens is 2. The van der Waals surface area contributed by atoms with Crippen molar-refractivity contribution in [2.45, 2.75) is 24.7 Å². The SMILES string of the molecule is COc1ccc([C@H]2CC(=O)C3=C(C2)Nc2[nH]c(=O)[nH]c(=O)c2[C@@H]3c2ccc(N(C)C)cc2)cc1OC. The third-order valence-corrected chi connectivity index (χ3v) is 6.96. The van der Waals surface area contributed by atoms with Crippen LogP contribution < -0.4 is 30.9 Å². The summed E-state index contributed by atoms with van der Waals surface area (Å²) in [5.41, 5.74) is 3.26. The minimum atomic E-state index is -0.601. The average Bonchev–Trinajstić information content (AvgIpc) is 2.86. The average molecular weight is 489 g/mol. The van der Waals surface area contributed by atoms with E-state index in [9.17, 15) is 14.4 Å². The van der Waals surface area contributed by atoms with Crippen LogP contribution in [0.4, 0.5) is 11.5 Å². The number of H-pyrrole nitrogens is 2. The second kappa shape index (κ2) is 9.07. The molecular formula is C27H28N4O5. The summed E-state index contributed by atoms with van der Waals surface area (Å²) in [4.78, 5) is 45.8. The number of carbonyl (C=O) groups excluding carboxylic acids is 1. The number of benzene rings is 2. The number of aromatic amines is 2. The predicted octanol–water partition coefficient (Wildman–Crippen LogP) is 3.10. The molecule has 0 fully saturated rings. The quantitative estimate of drug-likeness (QED) is 0.505. The first-order valence-electron chi connectivity index (χ1n) is 11.7. The van der Waals surface area contributed by atoms with Gasteiger partial charge in [0.15, 0.2) is 17.3 Å². The molecule has 9 nitrogen and oxygen atoms in total. The lowest BCUT2D eigenvalue weighted by Gasteiger charge is -2.35. The summed E-state index contributed by atoms with van der Waals surface area (Å²) < 4.78 is 10.8. The van der Waals surface area contributed by atoms with Gasteiger partial charge in [0.05, 0.1) is 19.8 Å². The van der Waals surface area contributed by atoms with Gasteiger partial charge in [0.2, 0.25) is 0 Å². The number of fused-ring (bicyclic) bond motifs is 1. The van der Waals surface area contributed by atoms with Crippen molar-refractivity contribution in [2.24, 2.45) is 0 Å². The molecule has 3 N–H and O–H groups in total. The molecule has 2 aliphatic rings. The molecular weight excluding hydrogens is 460 g/mol. The maximum absolute atomic E-state index is 13.7. The van der Waals surface area contributed by atoms with Gasteiger partial charge in [-0.1, -0.05) is 18.2 Å². The van der Waals surface area contributed by atoms with Crippen LogP contribution in [-0.4, -0.2) is 44.1 Å². The van der Waals surface area contributed by atoms with E-state index in [-0.39, 0.29) is 11.7 Å². The van der Waals surface area contributed by atoms with Crippen LogP contribution in [0.3, 0.4) is 0 Å². The number of allylic oxidation sites excluding steroid dienone is 2. The second-order valence-electron chi connectivity index (χ2n) is 9.28. The number of carbonyl (C=O) groups is 1. The first-order chi connectivity index (χ1) is 17.3. The van der Waals surface area contributed by atoms with E-state index < -0.39 is 17.2 Å². The fourth-order valence-corrected chi connectivity index (χ4v) is 5.19. The lowest BCUT2D eigenvalue weighted by Crippen LogP contribution is -2.37. The molecule has 36 heavy (non-hydrogen) atoms. The standard InChI is InChI=1S/C27H28N4O5/c1-31(2)17-8-5-14(6-9-17)22-23-18(28-25-24(22)26(33)30-27(34)29-25)11-16(12-19(23)32)15-7-10-20(35-3)21(13-15)36-4/h5-10,13,16,22H,11-12H2,1-4H3,(H3,28,29,30,33,34)/t16-,22-/m1/s1. The van der Waals surface area contributed by atoms with Crippen molar-refractivity contribution in [1.82, 2.24) is 9.97 Å². The molecule has 186 valence electrons. The van der Waals surface area contributed by atoms with Crippen LogP contribution in [0.5, 0.6) is 11.5 Å². The molecule has 1 aromatic heterocycles. The van der Waals surface area contributed by atoms with E-state index in [2.05, 4.69) is 15.3 Å². The Hall–Kier alpha value is -4.27. The van der Waals surface area contributed by atoms with E-state index in [1.165, 1.54) is 0 Å². The van der Waals surface area contributed by atoms with Gasteiger partial charge in [-0.2, -0.15) is 0 Å². The third-order valence-electron chi connectivity index (χ3n) is 6.96. The van der Waals surface area contributed by atoms with Crippen molar-refractivity contribution in [3.05, 3.63) is 91.3 Å². The molecule has 0 unspecified atom stereocenters. The van der Waals surface area contributed by atoms with Gasteiger partial charge in [-0.3, -0.25) is 19.6 Å². The Labute approximate surface area is 207 Å². The van der Waals surface area contributed by atoms with Crippen LogP contribution in [0, 0.1) is 0 Å². The number of nitrogens with one attached hydrogen (secondary N) is 3. The summed E-state index contributed by atoms with van der Waals surface area (Å²) in [5, 5.41) is 3.21. The van der Waals surface area contributed by atoms with E-state index in [1.807, 2.05) is 61.5 Å². The van der Waals surface area contributed by atoms with E-state index in [4.69, 9.17) is 9.47 Å². The van der Waals surface area contributed by atoms with Crippen LogP contribution in [0.15, 0.2) is 63.3 Å². The highest BCUT2D eigenvalue weighted by Gasteiger charge is 2.40. The molecule has 0 amide bonds. The Bertz CT molecular complexity index is 1480. The van der Waals surface area contributed by atoms with Crippen molar-refractivity contribution in [1.29, 1.82) is 0 Å². The maximum atomic E-state index is 13.7. The third kappa shape index (κ3) is 3.96. The van der Waals surface area contributed by atoms with Crippen LogP contribution in [0.25, 0.3) is 0 Å². The van der Waals surface area contributed by atoms with Gasteiger partial charge in [-0.15, -0.1) is 0 Å². The van der Waals surface area contributed by atoms with Crippen molar-refractivity contribution in [2.75, 3.05) is 38.5 Å². The summed E-state index contributed by atoms with van der Waals surface area (Å²) in [6.07, 6.45) is 0.829. The predicted molar refractivity (Wildman–Crippen MR) is 137 cm³/mol. The largest absolute Gasteiger partial charge is 0.493 e. The highest BCUT2D eigenvalue weighted by Crippen LogP contribution is 2.47. The monoisotopic (exact) mass is 488 g/mol. The topological polar surface area (TPSA) is 117 Å². The number of hydrogen-bond acceptors (Lipinski definition) is 7. The molecule has 2 aromatic carbocycles. The molecule has 3 aromatic rings. The summed E-state index contributed by atoms with van der Waals surface area (Å²) in [7, 11) is 7.05. The number of hydrogen-bond donors (Lipinski definition) is 3. The summed E-state index contributed by atoms with van der Waals surface area (Å²) >= 11 is 0. The second-order valence-corrected chi connectivity index (χ2v) is 9.28. The minimum absolute atomic E-state index is 0.0403. The first-order valence-corrected chi connectivity index (χ1v) is 11.7. The summed E-state index contributed by atoms with van der Waals surface area (Å²) in [6, 6.07) is 13.4. The van der Waals surface area contributed by atoms with Crippen LogP contribution in [-0.2, 0) is 4.79 Å². The number of methoxy groups -OCH3 is 2. The molecule has 0 bridgehead atoms. The van der Waals surface area contributed by atoms with Gasteiger partial charge in [0, 0.05) is 43.4 Å². The van der Waals surface area contributed by atoms with Gasteiger partial charge < -0.3 is 19.7 Å². The fraction of sp³-hybridized carbons (Fsp3) is 0.296. The highest BCUT2D eigenvalue weighted by molar-refractivity contribution is 6.01. The van der Waals surface area contributed by atoms with E-state index in [1.54, 1.807) is 14.2 Å². The van der Waals surface area contributed by atoms with Crippen molar-refractivity contribution >= 4 is 17.3 Å². The Balaban J connectivity index is 1.62. The van der Waals surface area contributed by atoms with Gasteiger partial charge in [-0.05, 0) is 47.7 Å². The number of nitrogens with zero attached hydrogens (tertiary/aromatic N) is 1. The zero-order valence-electron chi connectivity index (χ0n) is 20.6. The van der Waals surface area contributed by atoms with Gasteiger partial charge in [-0.25, -0.2) is 4.79 Å². The molecule has 2 atom stereocenters. The Morgan fingerprint density at radius 1 is 0.861 bits per heavy atom. The Morgan fingerprint density at radius 2 is 1.56 bits per heavy atom. The number of ketones is 1. The normalized spacial score (nSPS) is 18.7. The number of Topliss-reactive ketones (excluding diaryl/α,β-unsaturated/α-hetero) is 1. The lowest BCUT2D eigenvalue weighted by atomic mass is 9.72. The van der Waals surface area contributed by atoms with E-state index >= 15 is 0 Å². The minimum Gasteiger partial charge on any atom is -0.493 e. The highest BCUT2D eigenvalue weighted by atomic mass is 16.5. The molecule has 9 heteroatoms. The number of ether oxygens (including phenoxy) is 2. The first kappa shape index (κ1) is 23.5. The van der Waals surface area contributed by atoms with Crippen molar-refractivity contribution in [3.63, 3.8) is 0 Å². The molecule has 1 aliphatic heterocycles. The van der Waals surface area contributed by atoms with Gasteiger partial charge in [0.1, 0.15) is 5.82 Å². The van der Waals surface area contributed by atoms with Gasteiger partial charge in [0.25, 0.3) is 5.56 Å². The summed E-state index contributed by atoms with van der Waals surface area (Å²) in [6.45, 7) is 0. The summed E-state index contributed by atoms with van der Waals surface area (Å²) in [5.74, 6) is 0.805. The molecule has 0 saturated carbocycles. The Kier molecular flexibility index (Phi) is 5.91. The van der Waals surface area contributed by atoms with E-state index in [0.717, 1.165) is 16.8 Å². The smallest absolute Gasteiger partial charge is 0.327 e. The van der Waals surface area contributed by atoms with Crippen molar-refractivity contribution in [3.8, 4) is 11.5 Å². The van der Waals surface area contributed by atoms with Crippen LogP contribution in [0.1, 0.15) is 41.4 Å². The van der Waals surface area contributed by atoms with Crippen molar-refractivity contribution < 1.29 is 14.3 Å². The number of anilines is 2. The molecule has 1 aliphatic carbocycles. The molecule has 2 heterocycles.